The molecule has 0 saturated heterocycles. The highest BCUT2D eigenvalue weighted by atomic mass is 79.9. The molecule has 82 valence electrons. The maximum atomic E-state index is 10.9. The Balaban J connectivity index is 2.82. The highest BCUT2D eigenvalue weighted by Crippen LogP contribution is 2.37. The van der Waals surface area contributed by atoms with E-state index in [-0.39, 0.29) is 14.3 Å². The van der Waals surface area contributed by atoms with Gasteiger partial charge in [0.15, 0.2) is 0 Å². The van der Waals surface area contributed by atoms with Gasteiger partial charge in [0.05, 0.1) is 14.0 Å². The molecule has 0 saturated carbocycles. The summed E-state index contributed by atoms with van der Waals surface area (Å²) < 4.78 is -0.00861. The summed E-state index contributed by atoms with van der Waals surface area (Å²) in [5.74, 6) is 0. The van der Waals surface area contributed by atoms with Crippen LogP contribution in [0.25, 0.3) is 10.8 Å². The Morgan fingerprint density at radius 1 is 1.06 bits per heavy atom. The number of nitro benzene ring substituents is 1. The van der Waals surface area contributed by atoms with Crippen LogP contribution in [0.3, 0.4) is 0 Å². The maximum absolute atomic E-state index is 10.9. The van der Waals surface area contributed by atoms with Crippen LogP contribution in [-0.2, 0) is 0 Å². The topological polar surface area (TPSA) is 43.1 Å². The first-order valence-electron chi connectivity index (χ1n) is 4.55. The van der Waals surface area contributed by atoms with Gasteiger partial charge in [0.25, 0.3) is 5.69 Å². The lowest BCUT2D eigenvalue weighted by atomic mass is 10.0. The van der Waals surface area contributed by atoms with E-state index in [9.17, 15) is 10.1 Å². The van der Waals surface area contributed by atoms with Crippen LogP contribution in [0.1, 0.15) is 9.30 Å². The van der Waals surface area contributed by atoms with Crippen LogP contribution < -0.4 is 0 Å². The van der Waals surface area contributed by atoms with E-state index in [0.717, 1.165) is 10.9 Å². The molecule has 5 heteroatoms. The minimum absolute atomic E-state index is 0.00861. The summed E-state index contributed by atoms with van der Waals surface area (Å²) in [6, 6.07) is 10.6. The largest absolute Gasteiger partial charge is 0.277 e. The molecule has 2 aromatic carbocycles. The van der Waals surface area contributed by atoms with Crippen molar-refractivity contribution in [1.82, 2.24) is 0 Å². The predicted octanol–water partition coefficient (Wildman–Crippen LogP) is 4.54. The number of hydrogen-bond donors (Lipinski definition) is 0. The molecule has 2 aromatic rings. The van der Waals surface area contributed by atoms with E-state index in [2.05, 4.69) is 31.9 Å². The number of non-ortho nitro benzene ring substituents is 1. The van der Waals surface area contributed by atoms with Gasteiger partial charge < -0.3 is 0 Å². The first kappa shape index (κ1) is 11.5. The highest BCUT2D eigenvalue weighted by Gasteiger charge is 2.15. The second-order valence-electron chi connectivity index (χ2n) is 3.28. The number of nitro groups is 1. The summed E-state index contributed by atoms with van der Waals surface area (Å²) in [6.07, 6.45) is 0. The molecule has 16 heavy (non-hydrogen) atoms. The average molecular weight is 345 g/mol. The quantitative estimate of drug-likeness (QED) is 0.456. The zero-order valence-electron chi connectivity index (χ0n) is 8.06. The lowest BCUT2D eigenvalue weighted by Crippen LogP contribution is -1.92. The van der Waals surface area contributed by atoms with E-state index in [1.807, 2.05) is 12.1 Å². The SMILES string of the molecule is O=[N+]([O-])c1ccc(C(Br)Br)c2ccccc12. The van der Waals surface area contributed by atoms with Gasteiger partial charge in [-0.05, 0) is 23.1 Å². The van der Waals surface area contributed by atoms with Gasteiger partial charge in [0, 0.05) is 6.07 Å². The Morgan fingerprint density at radius 2 is 1.69 bits per heavy atom. The fraction of sp³-hybridized carbons (Fsp3) is 0.0909. The molecule has 0 unspecified atom stereocenters. The minimum Gasteiger partial charge on any atom is -0.258 e. The first-order chi connectivity index (χ1) is 7.61. The molecule has 0 bridgehead atoms. The van der Waals surface area contributed by atoms with Crippen LogP contribution in [0.2, 0.25) is 0 Å². The van der Waals surface area contributed by atoms with E-state index in [4.69, 9.17) is 0 Å². The third-order valence-electron chi connectivity index (χ3n) is 2.37. The maximum Gasteiger partial charge on any atom is 0.277 e. The molecule has 0 aliphatic rings. The van der Waals surface area contributed by atoms with Crippen LogP contribution in [0.15, 0.2) is 36.4 Å². The molecule has 0 radical (unpaired) electrons. The molecule has 2 rings (SSSR count). The summed E-state index contributed by atoms with van der Waals surface area (Å²) >= 11 is 6.82. The molecule has 0 aromatic heterocycles. The van der Waals surface area contributed by atoms with Crippen LogP contribution in [-0.4, -0.2) is 4.92 Å². The Hall–Kier alpha value is -0.940. The predicted molar refractivity (Wildman–Crippen MR) is 71.2 cm³/mol. The van der Waals surface area contributed by atoms with Gasteiger partial charge in [-0.2, -0.15) is 0 Å². The number of benzene rings is 2. The van der Waals surface area contributed by atoms with Gasteiger partial charge in [-0.25, -0.2) is 0 Å². The van der Waals surface area contributed by atoms with Crippen LogP contribution in [0.5, 0.6) is 0 Å². The Labute approximate surface area is 109 Å². The summed E-state index contributed by atoms with van der Waals surface area (Å²) in [5, 5.41) is 12.4. The second-order valence-corrected chi connectivity index (χ2v) is 6.34. The molecule has 0 fully saturated rings. The Morgan fingerprint density at radius 3 is 2.25 bits per heavy atom. The lowest BCUT2D eigenvalue weighted by molar-refractivity contribution is -0.383. The van der Waals surface area contributed by atoms with Crippen molar-refractivity contribution < 1.29 is 4.92 Å². The van der Waals surface area contributed by atoms with Gasteiger partial charge in [-0.15, -0.1) is 0 Å². The molecule has 0 aliphatic carbocycles. The zero-order chi connectivity index (χ0) is 11.7. The van der Waals surface area contributed by atoms with E-state index >= 15 is 0 Å². The molecule has 0 N–H and O–H groups in total. The summed E-state index contributed by atoms with van der Waals surface area (Å²) in [5.41, 5.74) is 1.13. The average Bonchev–Trinajstić information content (AvgIpc) is 2.27. The smallest absolute Gasteiger partial charge is 0.258 e. The van der Waals surface area contributed by atoms with E-state index in [1.54, 1.807) is 18.2 Å². The molecule has 3 nitrogen and oxygen atoms in total. The van der Waals surface area contributed by atoms with Gasteiger partial charge in [-0.1, -0.05) is 50.1 Å². The Kier molecular flexibility index (Phi) is 3.25. The van der Waals surface area contributed by atoms with Crippen molar-refractivity contribution in [3.8, 4) is 0 Å². The van der Waals surface area contributed by atoms with Crippen molar-refractivity contribution in [3.05, 3.63) is 52.1 Å². The molecule has 0 aliphatic heterocycles. The van der Waals surface area contributed by atoms with Crippen LogP contribution in [0, 0.1) is 10.1 Å². The van der Waals surface area contributed by atoms with Crippen LogP contribution >= 0.6 is 31.9 Å². The number of halogens is 2. The zero-order valence-corrected chi connectivity index (χ0v) is 11.2. The number of hydrogen-bond acceptors (Lipinski definition) is 2. The normalized spacial score (nSPS) is 10.9. The first-order valence-corrected chi connectivity index (χ1v) is 6.38. The van der Waals surface area contributed by atoms with Crippen molar-refractivity contribution in [2.75, 3.05) is 0 Å². The number of alkyl halides is 2. The summed E-state index contributed by atoms with van der Waals surface area (Å²) in [7, 11) is 0. The second kappa shape index (κ2) is 4.51. The molecule has 0 heterocycles. The third-order valence-corrected chi connectivity index (χ3v) is 3.35. The monoisotopic (exact) mass is 343 g/mol. The van der Waals surface area contributed by atoms with Gasteiger partial charge >= 0.3 is 0 Å². The number of rotatable bonds is 2. The third kappa shape index (κ3) is 1.97. The van der Waals surface area contributed by atoms with Gasteiger partial charge in [0.2, 0.25) is 0 Å². The van der Waals surface area contributed by atoms with Crippen molar-refractivity contribution in [3.63, 3.8) is 0 Å². The van der Waals surface area contributed by atoms with Gasteiger partial charge in [0.1, 0.15) is 0 Å². The molecular formula is C11H7Br2NO2. The summed E-state index contributed by atoms with van der Waals surface area (Å²) in [4.78, 5) is 10.5. The van der Waals surface area contributed by atoms with E-state index in [1.165, 1.54) is 6.07 Å². The minimum atomic E-state index is -0.358. The number of nitrogens with zero attached hydrogens (tertiary/aromatic N) is 1. The van der Waals surface area contributed by atoms with Crippen LogP contribution in [0.4, 0.5) is 5.69 Å². The molecule has 0 spiro atoms. The molecular weight excluding hydrogens is 338 g/mol. The van der Waals surface area contributed by atoms with Crippen molar-refractivity contribution in [2.45, 2.75) is 3.74 Å². The Bertz CT molecular complexity index is 555. The van der Waals surface area contributed by atoms with Crippen molar-refractivity contribution >= 4 is 48.3 Å². The molecule has 0 amide bonds. The van der Waals surface area contributed by atoms with Crippen molar-refractivity contribution in [2.24, 2.45) is 0 Å². The van der Waals surface area contributed by atoms with Gasteiger partial charge in [-0.3, -0.25) is 10.1 Å². The fourth-order valence-electron chi connectivity index (χ4n) is 1.66. The van der Waals surface area contributed by atoms with Crippen molar-refractivity contribution in [1.29, 1.82) is 0 Å². The number of fused-ring (bicyclic) bond motifs is 1. The van der Waals surface area contributed by atoms with E-state index in [0.29, 0.717) is 5.39 Å². The molecule has 0 atom stereocenters. The summed E-state index contributed by atoms with van der Waals surface area (Å²) in [6.45, 7) is 0. The fourth-order valence-corrected chi connectivity index (χ4v) is 2.45. The van der Waals surface area contributed by atoms with E-state index < -0.39 is 0 Å². The lowest BCUT2D eigenvalue weighted by Gasteiger charge is -2.07. The standard InChI is InChI=1S/C11H7Br2NO2/c12-11(13)9-5-6-10(14(15)16)8-4-2-1-3-7(8)9/h1-6,11H. The highest BCUT2D eigenvalue weighted by molar-refractivity contribution is 9.24.